The normalized spacial score (nSPS) is 12.6. The second kappa shape index (κ2) is 5.72. The molecule has 5 nitrogen and oxygen atoms in total. The van der Waals surface area contributed by atoms with Crippen molar-refractivity contribution >= 4 is 11.4 Å². The molecule has 1 aromatic carbocycles. The fourth-order valence-electron chi connectivity index (χ4n) is 1.35. The predicted octanol–water partition coefficient (Wildman–Crippen LogP) is 2.27. The zero-order valence-corrected chi connectivity index (χ0v) is 10.1. The van der Waals surface area contributed by atoms with E-state index in [9.17, 15) is 18.9 Å². The highest BCUT2D eigenvalue weighted by Gasteiger charge is 2.22. The minimum absolute atomic E-state index is 0.148. The summed E-state index contributed by atoms with van der Waals surface area (Å²) >= 11 is 0. The van der Waals surface area contributed by atoms with Crippen LogP contribution in [0.15, 0.2) is 12.1 Å². The average molecular weight is 259 g/mol. The van der Waals surface area contributed by atoms with Crippen LogP contribution in [0.1, 0.15) is 13.8 Å². The van der Waals surface area contributed by atoms with Gasteiger partial charge in [0.25, 0.3) is 0 Å². The van der Waals surface area contributed by atoms with Crippen molar-refractivity contribution in [1.82, 2.24) is 0 Å². The van der Waals surface area contributed by atoms with E-state index < -0.39 is 22.2 Å². The lowest BCUT2D eigenvalue weighted by Gasteiger charge is -2.17. The molecule has 1 atom stereocenters. The molecule has 1 aromatic rings. The number of anilines is 1. The van der Waals surface area contributed by atoms with Gasteiger partial charge >= 0.3 is 5.69 Å². The van der Waals surface area contributed by atoms with Gasteiger partial charge in [-0.25, -0.2) is 4.39 Å². The molecule has 0 amide bonds. The Kier molecular flexibility index (Phi) is 4.55. The second-order valence-corrected chi connectivity index (χ2v) is 4.33. The van der Waals surface area contributed by atoms with Gasteiger partial charge in [0.2, 0.25) is 5.82 Å². The largest absolute Gasteiger partial charge is 0.378 e. The number of hydrogen-bond acceptors (Lipinski definition) is 4. The molecule has 0 heterocycles. The summed E-state index contributed by atoms with van der Waals surface area (Å²) in [5.74, 6) is -1.94. The third kappa shape index (κ3) is 3.36. The van der Waals surface area contributed by atoms with Gasteiger partial charge < -0.3 is 11.1 Å². The molecule has 0 aliphatic rings. The number of benzene rings is 1. The van der Waals surface area contributed by atoms with Gasteiger partial charge in [0.05, 0.1) is 4.92 Å². The summed E-state index contributed by atoms with van der Waals surface area (Å²) in [6.07, 6.45) is 0. The van der Waals surface area contributed by atoms with E-state index in [1.807, 2.05) is 13.8 Å². The second-order valence-electron chi connectivity index (χ2n) is 4.33. The number of nitro groups is 1. The summed E-state index contributed by atoms with van der Waals surface area (Å²) in [7, 11) is 0. The van der Waals surface area contributed by atoms with E-state index in [0.29, 0.717) is 6.07 Å². The molecule has 0 saturated heterocycles. The van der Waals surface area contributed by atoms with Gasteiger partial charge in [0.15, 0.2) is 0 Å². The van der Waals surface area contributed by atoms with Gasteiger partial charge in [-0.3, -0.25) is 10.1 Å². The van der Waals surface area contributed by atoms with Crippen LogP contribution in [0.25, 0.3) is 0 Å². The molecule has 0 fully saturated rings. The lowest BCUT2D eigenvalue weighted by molar-refractivity contribution is -0.386. The third-order valence-corrected chi connectivity index (χ3v) is 2.60. The first-order valence-corrected chi connectivity index (χ1v) is 5.45. The summed E-state index contributed by atoms with van der Waals surface area (Å²) in [6.45, 7) is 3.96. The molecule has 0 spiro atoms. The van der Waals surface area contributed by atoms with Crippen LogP contribution in [0.5, 0.6) is 0 Å². The Morgan fingerprint density at radius 1 is 1.44 bits per heavy atom. The lowest BCUT2D eigenvalue weighted by Crippen LogP contribution is -2.34. The van der Waals surface area contributed by atoms with Gasteiger partial charge in [-0.05, 0) is 5.92 Å². The fourth-order valence-corrected chi connectivity index (χ4v) is 1.35. The summed E-state index contributed by atoms with van der Waals surface area (Å²) < 4.78 is 26.3. The molecule has 0 aliphatic carbocycles. The molecule has 0 aliphatic heterocycles. The maximum absolute atomic E-state index is 13.3. The average Bonchev–Trinajstić information content (AvgIpc) is 2.23. The smallest absolute Gasteiger partial charge is 0.327 e. The van der Waals surface area contributed by atoms with E-state index in [1.54, 1.807) is 0 Å². The molecule has 18 heavy (non-hydrogen) atoms. The molecule has 0 aromatic heterocycles. The highest BCUT2D eigenvalue weighted by molar-refractivity contribution is 5.62. The zero-order valence-electron chi connectivity index (χ0n) is 10.1. The van der Waals surface area contributed by atoms with Crippen molar-refractivity contribution in [2.24, 2.45) is 11.7 Å². The van der Waals surface area contributed by atoms with Crippen molar-refractivity contribution in [3.8, 4) is 0 Å². The third-order valence-electron chi connectivity index (χ3n) is 2.60. The number of halogens is 2. The van der Waals surface area contributed by atoms with Crippen molar-refractivity contribution in [1.29, 1.82) is 0 Å². The number of nitrogens with two attached hydrogens (primary N) is 1. The van der Waals surface area contributed by atoms with Crippen LogP contribution in [-0.2, 0) is 0 Å². The van der Waals surface area contributed by atoms with Crippen molar-refractivity contribution in [2.75, 3.05) is 11.9 Å². The van der Waals surface area contributed by atoms with E-state index in [2.05, 4.69) is 5.32 Å². The van der Waals surface area contributed by atoms with E-state index in [0.717, 1.165) is 6.07 Å². The van der Waals surface area contributed by atoms with E-state index in [4.69, 9.17) is 5.73 Å². The Hall–Kier alpha value is -1.76. The monoisotopic (exact) mass is 259 g/mol. The van der Waals surface area contributed by atoms with Crippen molar-refractivity contribution in [3.63, 3.8) is 0 Å². The number of nitro benzene ring substituents is 1. The Morgan fingerprint density at radius 3 is 2.56 bits per heavy atom. The van der Waals surface area contributed by atoms with Gasteiger partial charge in [0.1, 0.15) is 11.5 Å². The number of nitrogens with one attached hydrogen (secondary N) is 1. The summed E-state index contributed by atoms with van der Waals surface area (Å²) in [6, 6.07) is 1.09. The van der Waals surface area contributed by atoms with Crippen molar-refractivity contribution < 1.29 is 13.7 Å². The minimum atomic E-state index is -1.21. The van der Waals surface area contributed by atoms with Gasteiger partial charge in [-0.1, -0.05) is 13.8 Å². The minimum Gasteiger partial charge on any atom is -0.378 e. The van der Waals surface area contributed by atoms with Gasteiger partial charge in [-0.2, -0.15) is 4.39 Å². The van der Waals surface area contributed by atoms with Crippen LogP contribution in [0.2, 0.25) is 0 Å². The van der Waals surface area contributed by atoms with Crippen molar-refractivity contribution in [3.05, 3.63) is 33.9 Å². The first-order chi connectivity index (χ1) is 8.32. The molecule has 0 bridgehead atoms. The zero-order chi connectivity index (χ0) is 13.9. The van der Waals surface area contributed by atoms with E-state index in [1.165, 1.54) is 0 Å². The summed E-state index contributed by atoms with van der Waals surface area (Å²) in [5.41, 5.74) is 4.78. The first kappa shape index (κ1) is 14.3. The molecule has 100 valence electrons. The standard InChI is InChI=1S/C11H15F2N3O2/c1-6(2)9(14)5-15-10-4-7(12)3-8(13)11(10)16(17)18/h3-4,6,9,15H,5,14H2,1-2H3. The van der Waals surface area contributed by atoms with Crippen LogP contribution < -0.4 is 11.1 Å². The number of nitrogens with zero attached hydrogens (tertiary/aromatic N) is 1. The topological polar surface area (TPSA) is 81.2 Å². The molecular formula is C11H15F2N3O2. The lowest BCUT2D eigenvalue weighted by atomic mass is 10.1. The molecule has 7 heteroatoms. The quantitative estimate of drug-likeness (QED) is 0.627. The Balaban J connectivity index is 2.97. The Morgan fingerprint density at radius 2 is 2.06 bits per heavy atom. The Bertz CT molecular complexity index is 452. The molecule has 0 saturated carbocycles. The van der Waals surface area contributed by atoms with Gasteiger partial charge in [0, 0.05) is 24.7 Å². The Labute approximate surface area is 103 Å². The van der Waals surface area contributed by atoms with Crippen LogP contribution in [-0.4, -0.2) is 17.5 Å². The van der Waals surface area contributed by atoms with Crippen molar-refractivity contribution in [2.45, 2.75) is 19.9 Å². The molecule has 3 N–H and O–H groups in total. The van der Waals surface area contributed by atoms with Crippen LogP contribution in [0.3, 0.4) is 0 Å². The number of rotatable bonds is 5. The fraction of sp³-hybridized carbons (Fsp3) is 0.455. The number of hydrogen-bond donors (Lipinski definition) is 2. The maximum Gasteiger partial charge on any atom is 0.327 e. The molecule has 1 unspecified atom stereocenters. The van der Waals surface area contributed by atoms with Crippen LogP contribution in [0.4, 0.5) is 20.2 Å². The summed E-state index contributed by atoms with van der Waals surface area (Å²) in [4.78, 5) is 9.81. The first-order valence-electron chi connectivity index (χ1n) is 5.45. The highest BCUT2D eigenvalue weighted by Crippen LogP contribution is 2.28. The molecule has 1 rings (SSSR count). The van der Waals surface area contributed by atoms with Crippen LogP contribution >= 0.6 is 0 Å². The van der Waals surface area contributed by atoms with E-state index in [-0.39, 0.29) is 24.2 Å². The SMILES string of the molecule is CC(C)C(N)CNc1cc(F)cc(F)c1[N+](=O)[O-]. The molecule has 0 radical (unpaired) electrons. The molecular weight excluding hydrogens is 244 g/mol. The van der Waals surface area contributed by atoms with E-state index >= 15 is 0 Å². The highest BCUT2D eigenvalue weighted by atomic mass is 19.1. The summed E-state index contributed by atoms with van der Waals surface area (Å²) in [5, 5.41) is 13.3. The maximum atomic E-state index is 13.3. The van der Waals surface area contributed by atoms with Crippen LogP contribution in [0, 0.1) is 27.7 Å². The van der Waals surface area contributed by atoms with Gasteiger partial charge in [-0.15, -0.1) is 0 Å². The predicted molar refractivity (Wildman–Crippen MR) is 64.3 cm³/mol.